The fourth-order valence-electron chi connectivity index (χ4n) is 4.13. The summed E-state index contributed by atoms with van der Waals surface area (Å²) < 4.78 is 19.9. The van der Waals surface area contributed by atoms with Crippen LogP contribution in [0.4, 0.5) is 10.1 Å². The van der Waals surface area contributed by atoms with Gasteiger partial charge in [-0.05, 0) is 36.6 Å². The first kappa shape index (κ1) is 23.7. The van der Waals surface area contributed by atoms with Gasteiger partial charge in [0.05, 0.1) is 12.8 Å². The Hall–Kier alpha value is -2.93. The molecule has 1 saturated heterocycles. The Kier molecular flexibility index (Phi) is 8.22. The van der Waals surface area contributed by atoms with Gasteiger partial charge < -0.3 is 15.0 Å². The third kappa shape index (κ3) is 5.46. The topological polar surface area (TPSA) is 61.9 Å². The van der Waals surface area contributed by atoms with Gasteiger partial charge in [0, 0.05) is 37.8 Å². The quantitative estimate of drug-likeness (QED) is 0.632. The molecule has 2 aromatic carbocycles. The average Bonchev–Trinajstić information content (AvgIpc) is 2.83. The smallest absolute Gasteiger partial charge is 0.327 e. The molecule has 1 heterocycles. The van der Waals surface area contributed by atoms with Crippen LogP contribution < -0.4 is 10.2 Å². The van der Waals surface area contributed by atoms with E-state index in [9.17, 15) is 14.0 Å². The molecule has 1 fully saturated rings. The van der Waals surface area contributed by atoms with Gasteiger partial charge in [0.25, 0.3) is 5.91 Å². The molecule has 0 aromatic heterocycles. The van der Waals surface area contributed by atoms with Crippen LogP contribution in [0.2, 0.25) is 0 Å². The van der Waals surface area contributed by atoms with Gasteiger partial charge in [0.2, 0.25) is 0 Å². The van der Waals surface area contributed by atoms with Crippen molar-refractivity contribution in [2.75, 3.05) is 38.2 Å². The Labute approximate surface area is 189 Å². The van der Waals surface area contributed by atoms with Gasteiger partial charge in [-0.3, -0.25) is 9.69 Å². The van der Waals surface area contributed by atoms with Crippen molar-refractivity contribution in [3.05, 3.63) is 65.5 Å². The highest BCUT2D eigenvalue weighted by atomic mass is 19.1. The zero-order valence-electron chi connectivity index (χ0n) is 19.0. The number of carbonyl (C=O) groups is 2. The van der Waals surface area contributed by atoms with Crippen LogP contribution in [0, 0.1) is 5.82 Å². The molecule has 32 heavy (non-hydrogen) atoms. The number of hydrogen-bond donors (Lipinski definition) is 1. The molecule has 2 aromatic rings. The van der Waals surface area contributed by atoms with Gasteiger partial charge in [-0.1, -0.05) is 44.2 Å². The maximum atomic E-state index is 14.9. The monoisotopic (exact) mass is 441 g/mol. The number of methoxy groups -OCH3 is 1. The van der Waals surface area contributed by atoms with E-state index < -0.39 is 11.9 Å². The molecule has 172 valence electrons. The second-order valence-corrected chi connectivity index (χ2v) is 8.01. The number of nitrogens with one attached hydrogen (secondary N) is 1. The first-order valence-corrected chi connectivity index (χ1v) is 11.2. The summed E-state index contributed by atoms with van der Waals surface area (Å²) in [4.78, 5) is 28.9. The van der Waals surface area contributed by atoms with E-state index in [1.165, 1.54) is 13.2 Å². The van der Waals surface area contributed by atoms with Gasteiger partial charge in [-0.15, -0.1) is 0 Å². The van der Waals surface area contributed by atoms with Gasteiger partial charge in [0.1, 0.15) is 11.9 Å². The van der Waals surface area contributed by atoms with Gasteiger partial charge >= 0.3 is 5.97 Å². The minimum atomic E-state index is -0.482. The molecule has 1 aliphatic heterocycles. The summed E-state index contributed by atoms with van der Waals surface area (Å²) in [5, 5.41) is 2.94. The standard InChI is InChI=1S/C25H32FN3O3/c1-4-20(5-2)27-24(30)19-11-12-22(21(26)17-19)28-13-15-29(16-14-28)23(25(31)32-3)18-9-7-6-8-10-18/h6-12,17,20,23H,4-5,13-16H2,1-3H3,(H,27,30). The molecule has 1 N–H and O–H groups in total. The summed E-state index contributed by atoms with van der Waals surface area (Å²) in [7, 11) is 1.39. The molecule has 0 aliphatic carbocycles. The lowest BCUT2D eigenvalue weighted by Gasteiger charge is -2.39. The van der Waals surface area contributed by atoms with Crippen LogP contribution in [-0.4, -0.2) is 56.1 Å². The van der Waals surface area contributed by atoms with E-state index in [2.05, 4.69) is 10.2 Å². The number of ether oxygens (including phenoxy) is 1. The van der Waals surface area contributed by atoms with Crippen molar-refractivity contribution in [3.8, 4) is 0 Å². The van der Waals surface area contributed by atoms with Crippen molar-refractivity contribution in [1.82, 2.24) is 10.2 Å². The molecular formula is C25H32FN3O3. The molecule has 0 bridgehead atoms. The van der Waals surface area contributed by atoms with E-state index in [0.717, 1.165) is 18.4 Å². The number of benzene rings is 2. The molecule has 1 atom stereocenters. The third-order valence-corrected chi connectivity index (χ3v) is 6.09. The van der Waals surface area contributed by atoms with Crippen LogP contribution in [0.1, 0.15) is 48.7 Å². The largest absolute Gasteiger partial charge is 0.468 e. The van der Waals surface area contributed by atoms with Crippen molar-refractivity contribution in [1.29, 1.82) is 0 Å². The number of amides is 1. The van der Waals surface area contributed by atoms with Crippen molar-refractivity contribution in [3.63, 3.8) is 0 Å². The lowest BCUT2D eigenvalue weighted by molar-refractivity contribution is -0.147. The lowest BCUT2D eigenvalue weighted by atomic mass is 10.0. The third-order valence-electron chi connectivity index (χ3n) is 6.09. The fraction of sp³-hybridized carbons (Fsp3) is 0.440. The highest BCUT2D eigenvalue weighted by Crippen LogP contribution is 2.27. The van der Waals surface area contributed by atoms with E-state index >= 15 is 0 Å². The molecule has 0 radical (unpaired) electrons. The van der Waals surface area contributed by atoms with Gasteiger partial charge in [-0.2, -0.15) is 0 Å². The first-order chi connectivity index (χ1) is 15.5. The number of halogens is 1. The maximum absolute atomic E-state index is 14.9. The number of hydrogen-bond acceptors (Lipinski definition) is 5. The Morgan fingerprint density at radius 1 is 1.03 bits per heavy atom. The summed E-state index contributed by atoms with van der Waals surface area (Å²) in [6.07, 6.45) is 1.67. The van der Waals surface area contributed by atoms with Crippen LogP contribution in [0.25, 0.3) is 0 Å². The Bertz CT molecular complexity index is 910. The number of rotatable bonds is 8. The predicted molar refractivity (Wildman–Crippen MR) is 123 cm³/mol. The lowest BCUT2D eigenvalue weighted by Crippen LogP contribution is -2.49. The maximum Gasteiger partial charge on any atom is 0.327 e. The second kappa shape index (κ2) is 11.1. The predicted octanol–water partition coefficient (Wildman–Crippen LogP) is 3.78. The Morgan fingerprint density at radius 3 is 2.25 bits per heavy atom. The van der Waals surface area contributed by atoms with Gasteiger partial charge in [-0.25, -0.2) is 9.18 Å². The zero-order chi connectivity index (χ0) is 23.1. The first-order valence-electron chi connectivity index (χ1n) is 11.2. The van der Waals surface area contributed by atoms with Crippen LogP contribution in [0.15, 0.2) is 48.5 Å². The van der Waals surface area contributed by atoms with Crippen LogP contribution >= 0.6 is 0 Å². The van der Waals surface area contributed by atoms with Crippen LogP contribution in [0.5, 0.6) is 0 Å². The SMILES string of the molecule is CCC(CC)NC(=O)c1ccc(N2CCN(C(C(=O)OC)c3ccccc3)CC2)c(F)c1. The highest BCUT2D eigenvalue weighted by Gasteiger charge is 2.31. The van der Waals surface area contributed by atoms with E-state index in [-0.39, 0.29) is 17.9 Å². The molecule has 3 rings (SSSR count). The minimum absolute atomic E-state index is 0.0886. The van der Waals surface area contributed by atoms with Gasteiger partial charge in [0.15, 0.2) is 0 Å². The van der Waals surface area contributed by atoms with Crippen molar-refractivity contribution < 1.29 is 18.7 Å². The van der Waals surface area contributed by atoms with E-state index in [1.807, 2.05) is 49.1 Å². The van der Waals surface area contributed by atoms with E-state index in [1.54, 1.807) is 12.1 Å². The summed E-state index contributed by atoms with van der Waals surface area (Å²) in [6.45, 7) is 6.34. The van der Waals surface area contributed by atoms with Crippen LogP contribution in [-0.2, 0) is 9.53 Å². The molecule has 1 aliphatic rings. The molecule has 7 heteroatoms. The minimum Gasteiger partial charge on any atom is -0.468 e. The molecule has 1 amide bonds. The number of esters is 1. The summed E-state index contributed by atoms with van der Waals surface area (Å²) in [6, 6.07) is 13.8. The molecule has 6 nitrogen and oxygen atoms in total. The number of piperazine rings is 1. The van der Waals surface area contributed by atoms with Crippen LogP contribution in [0.3, 0.4) is 0 Å². The number of anilines is 1. The normalized spacial score (nSPS) is 15.5. The fourth-order valence-corrected chi connectivity index (χ4v) is 4.13. The zero-order valence-corrected chi connectivity index (χ0v) is 19.0. The second-order valence-electron chi connectivity index (χ2n) is 8.01. The molecule has 1 unspecified atom stereocenters. The molecule has 0 spiro atoms. The summed E-state index contributed by atoms with van der Waals surface area (Å²) in [5.41, 5.74) is 1.68. The van der Waals surface area contributed by atoms with Crippen molar-refractivity contribution in [2.45, 2.75) is 38.8 Å². The highest BCUT2D eigenvalue weighted by molar-refractivity contribution is 5.94. The van der Waals surface area contributed by atoms with Crippen molar-refractivity contribution in [2.24, 2.45) is 0 Å². The number of nitrogens with zero attached hydrogens (tertiary/aromatic N) is 2. The molecule has 0 saturated carbocycles. The Morgan fingerprint density at radius 2 is 1.69 bits per heavy atom. The average molecular weight is 442 g/mol. The summed E-state index contributed by atoms with van der Waals surface area (Å²) in [5.74, 6) is -0.968. The van der Waals surface area contributed by atoms with Crippen molar-refractivity contribution >= 4 is 17.6 Å². The number of carbonyl (C=O) groups excluding carboxylic acids is 2. The summed E-state index contributed by atoms with van der Waals surface area (Å²) >= 11 is 0. The Balaban J connectivity index is 1.68. The van der Waals surface area contributed by atoms with E-state index in [4.69, 9.17) is 4.74 Å². The molecular weight excluding hydrogens is 409 g/mol. The van der Waals surface area contributed by atoms with E-state index in [0.29, 0.717) is 37.4 Å².